The van der Waals surface area contributed by atoms with Gasteiger partial charge in [0.15, 0.2) is 5.96 Å². The predicted octanol–water partition coefficient (Wildman–Crippen LogP) is -2.38. The van der Waals surface area contributed by atoms with E-state index in [9.17, 15) is 33.9 Å². The number of carboxylic acid groups (broad SMARTS) is 1. The molecule has 0 radical (unpaired) electrons. The van der Waals surface area contributed by atoms with Crippen LogP contribution in [0.2, 0.25) is 0 Å². The number of aliphatic carboxylic acids is 1. The van der Waals surface area contributed by atoms with Crippen molar-refractivity contribution in [2.75, 3.05) is 26.2 Å². The summed E-state index contributed by atoms with van der Waals surface area (Å²) in [4.78, 5) is 85.3. The Labute approximate surface area is 232 Å². The molecular formula is C25H40N8O7. The van der Waals surface area contributed by atoms with Crippen LogP contribution in [-0.4, -0.2) is 106 Å². The molecule has 0 aromatic carbocycles. The van der Waals surface area contributed by atoms with Crippen LogP contribution >= 0.6 is 0 Å². The fourth-order valence-corrected chi connectivity index (χ4v) is 5.72. The van der Waals surface area contributed by atoms with E-state index in [2.05, 4.69) is 20.9 Å². The Morgan fingerprint density at radius 2 is 1.80 bits per heavy atom. The van der Waals surface area contributed by atoms with Crippen LogP contribution in [0.5, 0.6) is 0 Å². The van der Waals surface area contributed by atoms with Gasteiger partial charge in [-0.3, -0.25) is 33.8 Å². The Morgan fingerprint density at radius 3 is 2.45 bits per heavy atom. The minimum atomic E-state index is -1.43. The zero-order valence-electron chi connectivity index (χ0n) is 23.0. The molecule has 15 heteroatoms. The molecule has 3 saturated heterocycles. The molecule has 3 rings (SSSR count). The fourth-order valence-electron chi connectivity index (χ4n) is 5.72. The first kappa shape index (κ1) is 30.6. The van der Waals surface area contributed by atoms with Gasteiger partial charge in [-0.1, -0.05) is 13.8 Å². The molecule has 0 aliphatic carbocycles. The second-order valence-corrected chi connectivity index (χ2v) is 11.0. The SMILES string of the molecule is CC(C)C[C@H]1C(=O)N[C@@H](CCCN=C(N)N)C(=O)NCC(=O)N[C@@H](CC(=O)O)C(=O)N2CCC[C@@]23CCN1C3=O. The number of nitrogens with one attached hydrogen (secondary N) is 3. The van der Waals surface area contributed by atoms with Crippen LogP contribution in [0.25, 0.3) is 0 Å². The summed E-state index contributed by atoms with van der Waals surface area (Å²) in [6.45, 7) is 3.92. The summed E-state index contributed by atoms with van der Waals surface area (Å²) in [6.07, 6.45) is 1.29. The van der Waals surface area contributed by atoms with Crippen molar-refractivity contribution < 1.29 is 33.9 Å². The van der Waals surface area contributed by atoms with E-state index < -0.39 is 66.2 Å². The standard InChI is InChI=1S/C25H40N8O7/c1-14(2)11-17-21(38)31-15(5-3-8-28-24(26)27)20(37)29-13-18(34)30-16(12-19(35)36)22(39)33-9-4-6-25(33)7-10-32(17)23(25)40/h14-17H,3-13H2,1-2H3,(H,29,37)(H,30,34)(H,31,38)(H,35,36)(H4,26,27,28)/t15-,16-,17-,25-/m0/s1. The molecule has 0 saturated carbocycles. The maximum atomic E-state index is 14.0. The number of hydrogen-bond acceptors (Lipinski definition) is 7. The van der Waals surface area contributed by atoms with Crippen molar-refractivity contribution in [2.45, 2.75) is 82.5 Å². The van der Waals surface area contributed by atoms with Gasteiger partial charge in [0.1, 0.15) is 23.7 Å². The van der Waals surface area contributed by atoms with E-state index in [0.29, 0.717) is 25.7 Å². The molecule has 3 aliphatic heterocycles. The van der Waals surface area contributed by atoms with Crippen LogP contribution in [0, 0.1) is 5.92 Å². The average Bonchev–Trinajstić information content (AvgIpc) is 3.44. The zero-order chi connectivity index (χ0) is 29.6. The van der Waals surface area contributed by atoms with Crippen molar-refractivity contribution in [3.05, 3.63) is 0 Å². The van der Waals surface area contributed by atoms with Crippen LogP contribution in [0.15, 0.2) is 4.99 Å². The number of carboxylic acids is 1. The maximum absolute atomic E-state index is 14.0. The minimum Gasteiger partial charge on any atom is -0.481 e. The van der Waals surface area contributed by atoms with E-state index >= 15 is 0 Å². The van der Waals surface area contributed by atoms with Crippen molar-refractivity contribution in [1.82, 2.24) is 25.8 Å². The lowest BCUT2D eigenvalue weighted by Crippen LogP contribution is -2.60. The van der Waals surface area contributed by atoms with Crippen molar-refractivity contribution in [3.8, 4) is 0 Å². The first-order valence-corrected chi connectivity index (χ1v) is 13.6. The molecule has 3 aliphatic rings. The monoisotopic (exact) mass is 564 g/mol. The minimum absolute atomic E-state index is 0.0272. The smallest absolute Gasteiger partial charge is 0.305 e. The Balaban J connectivity index is 1.99. The van der Waals surface area contributed by atoms with Gasteiger partial charge in [0.25, 0.3) is 0 Å². The van der Waals surface area contributed by atoms with Gasteiger partial charge >= 0.3 is 5.97 Å². The number of hydrogen-bond donors (Lipinski definition) is 6. The van der Waals surface area contributed by atoms with Crippen LogP contribution in [0.3, 0.4) is 0 Å². The molecule has 5 amide bonds. The first-order valence-electron chi connectivity index (χ1n) is 13.6. The van der Waals surface area contributed by atoms with Gasteiger partial charge in [0.05, 0.1) is 13.0 Å². The van der Waals surface area contributed by atoms with Gasteiger partial charge < -0.3 is 42.3 Å². The second-order valence-electron chi connectivity index (χ2n) is 11.0. The summed E-state index contributed by atoms with van der Waals surface area (Å²) in [7, 11) is 0. The van der Waals surface area contributed by atoms with E-state index in [0.717, 1.165) is 0 Å². The molecule has 15 nitrogen and oxygen atoms in total. The highest BCUT2D eigenvalue weighted by Gasteiger charge is 2.57. The lowest BCUT2D eigenvalue weighted by atomic mass is 9.93. The number of nitrogens with zero attached hydrogens (tertiary/aromatic N) is 3. The molecule has 40 heavy (non-hydrogen) atoms. The van der Waals surface area contributed by atoms with E-state index in [1.54, 1.807) is 0 Å². The van der Waals surface area contributed by atoms with E-state index in [4.69, 9.17) is 11.5 Å². The van der Waals surface area contributed by atoms with E-state index in [1.165, 1.54) is 9.80 Å². The topological polar surface area (TPSA) is 230 Å². The van der Waals surface area contributed by atoms with Gasteiger partial charge in [-0.15, -0.1) is 0 Å². The molecule has 3 fully saturated rings. The summed E-state index contributed by atoms with van der Waals surface area (Å²) in [5, 5.41) is 17.0. The number of rotatable bonds is 8. The van der Waals surface area contributed by atoms with Crippen LogP contribution in [-0.2, 0) is 28.8 Å². The Hall–Kier alpha value is -3.91. The largest absolute Gasteiger partial charge is 0.481 e. The lowest BCUT2D eigenvalue weighted by Gasteiger charge is -2.37. The highest BCUT2D eigenvalue weighted by atomic mass is 16.4. The summed E-state index contributed by atoms with van der Waals surface area (Å²) < 4.78 is 0. The number of nitrogens with two attached hydrogens (primary N) is 2. The van der Waals surface area contributed by atoms with Crippen LogP contribution in [0.1, 0.15) is 58.8 Å². The number of carbonyl (C=O) groups is 6. The summed E-state index contributed by atoms with van der Waals surface area (Å²) in [5.74, 6) is -4.40. The molecule has 2 bridgehead atoms. The predicted molar refractivity (Wildman–Crippen MR) is 142 cm³/mol. The number of aliphatic imine (C=N–C) groups is 1. The van der Waals surface area contributed by atoms with Crippen molar-refractivity contribution >= 4 is 41.5 Å². The van der Waals surface area contributed by atoms with Gasteiger partial charge in [-0.05, 0) is 44.4 Å². The van der Waals surface area contributed by atoms with Crippen molar-refractivity contribution in [3.63, 3.8) is 0 Å². The third-order valence-electron chi connectivity index (χ3n) is 7.57. The molecule has 4 atom stereocenters. The van der Waals surface area contributed by atoms with Crippen LogP contribution < -0.4 is 27.4 Å². The maximum Gasteiger partial charge on any atom is 0.305 e. The fraction of sp³-hybridized carbons (Fsp3) is 0.720. The number of guanidine groups is 1. The lowest BCUT2D eigenvalue weighted by molar-refractivity contribution is -0.152. The summed E-state index contributed by atoms with van der Waals surface area (Å²) >= 11 is 0. The molecule has 0 aromatic heterocycles. The molecule has 1 spiro atoms. The average molecular weight is 565 g/mol. The quantitative estimate of drug-likeness (QED) is 0.105. The normalized spacial score (nSPS) is 27.9. The van der Waals surface area contributed by atoms with Gasteiger partial charge in [-0.2, -0.15) is 0 Å². The molecule has 0 aromatic rings. The third kappa shape index (κ3) is 6.99. The molecule has 222 valence electrons. The second kappa shape index (κ2) is 13.0. The highest BCUT2D eigenvalue weighted by molar-refractivity contribution is 6.00. The van der Waals surface area contributed by atoms with E-state index in [1.807, 2.05) is 13.8 Å². The number of fused-ring (bicyclic) bond motifs is 1. The molecule has 3 heterocycles. The van der Waals surface area contributed by atoms with Gasteiger partial charge in [0.2, 0.25) is 29.5 Å². The highest BCUT2D eigenvalue weighted by Crippen LogP contribution is 2.40. The third-order valence-corrected chi connectivity index (χ3v) is 7.57. The Kier molecular flexibility index (Phi) is 9.93. The number of amides is 5. The number of carbonyl (C=O) groups excluding carboxylic acids is 5. The van der Waals surface area contributed by atoms with Crippen LogP contribution in [0.4, 0.5) is 0 Å². The molecule has 0 unspecified atom stereocenters. The first-order chi connectivity index (χ1) is 18.9. The van der Waals surface area contributed by atoms with Gasteiger partial charge in [-0.25, -0.2) is 0 Å². The van der Waals surface area contributed by atoms with Crippen molar-refractivity contribution in [1.29, 1.82) is 0 Å². The van der Waals surface area contributed by atoms with E-state index in [-0.39, 0.29) is 50.3 Å². The molecular weight excluding hydrogens is 524 g/mol. The zero-order valence-corrected chi connectivity index (χ0v) is 23.0. The molecule has 8 N–H and O–H groups in total. The van der Waals surface area contributed by atoms with Gasteiger partial charge in [0, 0.05) is 19.6 Å². The summed E-state index contributed by atoms with van der Waals surface area (Å²) in [5.41, 5.74) is 9.51. The summed E-state index contributed by atoms with van der Waals surface area (Å²) in [6, 6.07) is -3.37. The Morgan fingerprint density at radius 1 is 1.07 bits per heavy atom. The van der Waals surface area contributed by atoms with Crippen molar-refractivity contribution in [2.24, 2.45) is 22.4 Å². The Bertz CT molecular complexity index is 1060.